The monoisotopic (exact) mass is 435 g/mol. The van der Waals surface area contributed by atoms with Crippen molar-refractivity contribution in [1.82, 2.24) is 9.97 Å². The van der Waals surface area contributed by atoms with Crippen LogP contribution in [0.3, 0.4) is 0 Å². The Morgan fingerprint density at radius 2 is 1.55 bits per heavy atom. The summed E-state index contributed by atoms with van der Waals surface area (Å²) in [6.07, 6.45) is -4.42. The minimum Gasteiger partial charge on any atom is -0.340 e. The molecular formula is C21H14Cl2F3N3. The molecule has 0 fully saturated rings. The van der Waals surface area contributed by atoms with Crippen LogP contribution in [0, 0.1) is 0 Å². The van der Waals surface area contributed by atoms with Gasteiger partial charge in [-0.25, -0.2) is 9.97 Å². The average Bonchev–Trinajstić information content (AvgIpc) is 2.68. The molecule has 4 aromatic rings. The lowest BCUT2D eigenvalue weighted by atomic mass is 10.1. The van der Waals surface area contributed by atoms with Gasteiger partial charge in [-0.15, -0.1) is 12.4 Å². The number of para-hydroxylation sites is 1. The van der Waals surface area contributed by atoms with Crippen LogP contribution >= 0.6 is 24.0 Å². The number of benzene rings is 3. The molecule has 0 atom stereocenters. The fourth-order valence-corrected chi connectivity index (χ4v) is 3.07. The van der Waals surface area contributed by atoms with E-state index in [9.17, 15) is 13.2 Å². The van der Waals surface area contributed by atoms with Crippen molar-refractivity contribution < 1.29 is 13.2 Å². The van der Waals surface area contributed by atoms with Gasteiger partial charge < -0.3 is 5.32 Å². The molecule has 0 saturated heterocycles. The summed E-state index contributed by atoms with van der Waals surface area (Å²) < 4.78 is 39.1. The van der Waals surface area contributed by atoms with Crippen LogP contribution in [0.15, 0.2) is 72.8 Å². The number of halogens is 5. The number of nitrogens with one attached hydrogen (secondary N) is 1. The summed E-state index contributed by atoms with van der Waals surface area (Å²) in [6.45, 7) is 0. The summed E-state index contributed by atoms with van der Waals surface area (Å²) in [4.78, 5) is 9.08. The Bertz CT molecular complexity index is 1160. The molecule has 1 heterocycles. The highest BCUT2D eigenvalue weighted by atomic mass is 35.5. The molecule has 0 saturated carbocycles. The zero-order valence-electron chi connectivity index (χ0n) is 14.7. The fraction of sp³-hybridized carbons (Fsp3) is 0.0476. The summed E-state index contributed by atoms with van der Waals surface area (Å²) in [6, 6.07) is 19.4. The molecule has 0 aliphatic rings. The molecule has 1 N–H and O–H groups in total. The topological polar surface area (TPSA) is 37.8 Å². The number of hydrogen-bond acceptors (Lipinski definition) is 3. The van der Waals surface area contributed by atoms with Gasteiger partial charge in [0.1, 0.15) is 5.82 Å². The predicted octanol–water partition coefficient (Wildman–Crippen LogP) is 7.13. The first-order valence-corrected chi connectivity index (χ1v) is 8.75. The molecule has 0 amide bonds. The molecule has 1 aromatic heterocycles. The Labute approximate surface area is 176 Å². The number of alkyl halides is 3. The SMILES string of the molecule is Cl.FC(F)(F)c1cccc(Nc2nc(-c3ccccc3Cl)nc3ccccc23)c1. The Balaban J connectivity index is 0.00000240. The lowest BCUT2D eigenvalue weighted by Crippen LogP contribution is -2.06. The highest BCUT2D eigenvalue weighted by Crippen LogP contribution is 2.33. The van der Waals surface area contributed by atoms with Crippen molar-refractivity contribution in [2.75, 3.05) is 5.32 Å². The van der Waals surface area contributed by atoms with Crippen molar-refractivity contribution in [2.24, 2.45) is 0 Å². The lowest BCUT2D eigenvalue weighted by molar-refractivity contribution is -0.137. The van der Waals surface area contributed by atoms with Gasteiger partial charge in [0.15, 0.2) is 5.82 Å². The first-order valence-electron chi connectivity index (χ1n) is 8.38. The average molecular weight is 436 g/mol. The summed E-state index contributed by atoms with van der Waals surface area (Å²) >= 11 is 6.27. The Hall–Kier alpha value is -2.83. The molecule has 3 nitrogen and oxygen atoms in total. The predicted molar refractivity (Wildman–Crippen MR) is 112 cm³/mol. The normalized spacial score (nSPS) is 11.2. The van der Waals surface area contributed by atoms with Gasteiger partial charge in [0.2, 0.25) is 0 Å². The number of rotatable bonds is 3. The number of aromatic nitrogens is 2. The van der Waals surface area contributed by atoms with E-state index in [-0.39, 0.29) is 18.1 Å². The van der Waals surface area contributed by atoms with Gasteiger partial charge in [-0.2, -0.15) is 13.2 Å². The third-order valence-electron chi connectivity index (χ3n) is 4.17. The van der Waals surface area contributed by atoms with Crippen molar-refractivity contribution in [3.8, 4) is 11.4 Å². The summed E-state index contributed by atoms with van der Waals surface area (Å²) in [5.41, 5.74) is 0.842. The van der Waals surface area contributed by atoms with E-state index in [0.29, 0.717) is 33.1 Å². The van der Waals surface area contributed by atoms with Crippen LogP contribution in [0.5, 0.6) is 0 Å². The molecular weight excluding hydrogens is 422 g/mol. The molecule has 0 bridgehead atoms. The molecule has 29 heavy (non-hydrogen) atoms. The number of anilines is 2. The van der Waals surface area contributed by atoms with Crippen LogP contribution < -0.4 is 5.32 Å². The van der Waals surface area contributed by atoms with E-state index in [4.69, 9.17) is 11.6 Å². The van der Waals surface area contributed by atoms with Crippen LogP contribution in [0.1, 0.15) is 5.56 Å². The van der Waals surface area contributed by atoms with E-state index in [1.807, 2.05) is 30.3 Å². The van der Waals surface area contributed by atoms with Crippen molar-refractivity contribution in [1.29, 1.82) is 0 Å². The zero-order chi connectivity index (χ0) is 19.7. The second-order valence-corrected chi connectivity index (χ2v) is 6.50. The second-order valence-electron chi connectivity index (χ2n) is 6.10. The molecule has 0 unspecified atom stereocenters. The largest absolute Gasteiger partial charge is 0.416 e. The molecule has 8 heteroatoms. The molecule has 0 radical (unpaired) electrons. The van der Waals surface area contributed by atoms with Crippen LogP contribution in [0.2, 0.25) is 5.02 Å². The highest BCUT2D eigenvalue weighted by molar-refractivity contribution is 6.33. The fourth-order valence-electron chi connectivity index (χ4n) is 2.84. The number of hydrogen-bond donors (Lipinski definition) is 1. The first kappa shape index (κ1) is 20.9. The molecule has 4 rings (SSSR count). The Morgan fingerprint density at radius 3 is 2.31 bits per heavy atom. The molecule has 0 spiro atoms. The second kappa shape index (κ2) is 8.27. The Kier molecular flexibility index (Phi) is 5.96. The molecule has 0 aliphatic heterocycles. The van der Waals surface area contributed by atoms with E-state index in [0.717, 1.165) is 12.1 Å². The highest BCUT2D eigenvalue weighted by Gasteiger charge is 2.30. The first-order chi connectivity index (χ1) is 13.4. The quantitative estimate of drug-likeness (QED) is 0.371. The Morgan fingerprint density at radius 1 is 0.828 bits per heavy atom. The third-order valence-corrected chi connectivity index (χ3v) is 4.50. The van der Waals surface area contributed by atoms with Gasteiger partial charge in [-0.05, 0) is 42.5 Å². The minimum atomic E-state index is -4.42. The van der Waals surface area contributed by atoms with Gasteiger partial charge in [-0.1, -0.05) is 41.9 Å². The van der Waals surface area contributed by atoms with Crippen molar-refractivity contribution >= 4 is 46.4 Å². The maximum absolute atomic E-state index is 13.0. The number of nitrogens with zero attached hydrogens (tertiary/aromatic N) is 2. The third kappa shape index (κ3) is 4.44. The van der Waals surface area contributed by atoms with Gasteiger partial charge in [0.25, 0.3) is 0 Å². The van der Waals surface area contributed by atoms with Crippen molar-refractivity contribution in [2.45, 2.75) is 6.18 Å². The van der Waals surface area contributed by atoms with E-state index in [1.165, 1.54) is 6.07 Å². The maximum Gasteiger partial charge on any atom is 0.416 e. The van der Waals surface area contributed by atoms with Gasteiger partial charge in [-0.3, -0.25) is 0 Å². The summed E-state index contributed by atoms with van der Waals surface area (Å²) in [5, 5.41) is 4.17. The van der Waals surface area contributed by atoms with Crippen molar-refractivity contribution in [3.63, 3.8) is 0 Å². The standard InChI is InChI=1S/C21H13ClF3N3.ClH/c22-17-10-3-1-8-15(17)19-27-18-11-4-2-9-16(18)20(28-19)26-14-7-5-6-13(12-14)21(23,24)25;/h1-12H,(H,26,27,28);1H. The summed E-state index contributed by atoms with van der Waals surface area (Å²) in [7, 11) is 0. The van der Waals surface area contributed by atoms with Crippen LogP contribution in [0.4, 0.5) is 24.7 Å². The van der Waals surface area contributed by atoms with E-state index in [1.54, 1.807) is 24.3 Å². The smallest absolute Gasteiger partial charge is 0.340 e. The van der Waals surface area contributed by atoms with E-state index < -0.39 is 11.7 Å². The van der Waals surface area contributed by atoms with Crippen molar-refractivity contribution in [3.05, 3.63) is 83.4 Å². The van der Waals surface area contributed by atoms with Gasteiger partial charge in [0.05, 0.1) is 16.1 Å². The maximum atomic E-state index is 13.0. The van der Waals surface area contributed by atoms with Crippen LogP contribution in [0.25, 0.3) is 22.3 Å². The van der Waals surface area contributed by atoms with Crippen LogP contribution in [-0.2, 0) is 6.18 Å². The minimum absolute atomic E-state index is 0. The van der Waals surface area contributed by atoms with Crippen LogP contribution in [-0.4, -0.2) is 9.97 Å². The summed E-state index contributed by atoms with van der Waals surface area (Å²) in [5.74, 6) is 0.790. The van der Waals surface area contributed by atoms with Gasteiger partial charge in [0, 0.05) is 16.6 Å². The lowest BCUT2D eigenvalue weighted by Gasteiger charge is -2.13. The molecule has 3 aromatic carbocycles. The number of fused-ring (bicyclic) bond motifs is 1. The molecule has 0 aliphatic carbocycles. The zero-order valence-corrected chi connectivity index (χ0v) is 16.3. The van der Waals surface area contributed by atoms with E-state index in [2.05, 4.69) is 15.3 Å². The van der Waals surface area contributed by atoms with Gasteiger partial charge >= 0.3 is 6.18 Å². The molecule has 148 valence electrons. The van der Waals surface area contributed by atoms with E-state index >= 15 is 0 Å².